The molecular weight excluding hydrogens is 268 g/mol. The van der Waals surface area contributed by atoms with Gasteiger partial charge in [-0.15, -0.1) is 0 Å². The molecule has 3 aromatic rings. The van der Waals surface area contributed by atoms with Gasteiger partial charge in [-0.25, -0.2) is 9.97 Å². The first-order valence-electron chi connectivity index (χ1n) is 6.64. The monoisotopic (exact) mass is 282 g/mol. The van der Waals surface area contributed by atoms with Crippen molar-refractivity contribution in [1.82, 2.24) is 20.1 Å². The largest absolute Gasteiger partial charge is 0.485 e. The molecule has 0 unspecified atom stereocenters. The maximum atomic E-state index is 5.56. The quantitative estimate of drug-likeness (QED) is 0.690. The number of nitrogens with zero attached hydrogens (tertiary/aromatic N) is 4. The van der Waals surface area contributed by atoms with Crippen LogP contribution in [-0.4, -0.2) is 20.1 Å². The number of aryl methyl sites for hydroxylation is 2. The van der Waals surface area contributed by atoms with E-state index in [4.69, 9.17) is 9.26 Å². The Labute approximate surface area is 121 Å². The lowest BCUT2D eigenvalue weighted by molar-refractivity contribution is 0.285. The zero-order valence-corrected chi connectivity index (χ0v) is 11.3. The fourth-order valence-electron chi connectivity index (χ4n) is 1.82. The first-order valence-corrected chi connectivity index (χ1v) is 6.64. The Kier molecular flexibility index (Phi) is 4.16. The topological polar surface area (TPSA) is 73.9 Å². The summed E-state index contributed by atoms with van der Waals surface area (Å²) in [6.45, 7) is 0.293. The zero-order valence-electron chi connectivity index (χ0n) is 11.3. The number of aromatic nitrogens is 4. The van der Waals surface area contributed by atoms with E-state index in [1.54, 1.807) is 6.20 Å². The second-order valence-electron chi connectivity index (χ2n) is 4.41. The number of hydrogen-bond donors (Lipinski definition) is 0. The first-order chi connectivity index (χ1) is 10.4. The van der Waals surface area contributed by atoms with Crippen molar-refractivity contribution in [2.24, 2.45) is 0 Å². The van der Waals surface area contributed by atoms with E-state index in [9.17, 15) is 0 Å². The molecule has 0 aliphatic carbocycles. The van der Waals surface area contributed by atoms with E-state index in [-0.39, 0.29) is 0 Å². The van der Waals surface area contributed by atoms with E-state index in [0.29, 0.717) is 24.7 Å². The third-order valence-corrected chi connectivity index (χ3v) is 2.86. The van der Waals surface area contributed by atoms with Crippen molar-refractivity contribution in [1.29, 1.82) is 0 Å². The second-order valence-corrected chi connectivity index (χ2v) is 4.41. The van der Waals surface area contributed by atoms with Crippen LogP contribution in [0.2, 0.25) is 0 Å². The Bertz CT molecular complexity index is 612. The van der Waals surface area contributed by atoms with Gasteiger partial charge in [-0.3, -0.25) is 0 Å². The number of ether oxygens (including phenoxy) is 1. The highest BCUT2D eigenvalue weighted by Gasteiger charge is 2.07. The van der Waals surface area contributed by atoms with Gasteiger partial charge in [-0.1, -0.05) is 23.4 Å². The Morgan fingerprint density at radius 2 is 1.95 bits per heavy atom. The number of benzene rings is 1. The van der Waals surface area contributed by atoms with Crippen LogP contribution in [0.25, 0.3) is 0 Å². The molecule has 0 aliphatic rings. The maximum Gasteiger partial charge on any atom is 0.227 e. The molecule has 21 heavy (non-hydrogen) atoms. The van der Waals surface area contributed by atoms with Crippen LogP contribution in [0.3, 0.4) is 0 Å². The van der Waals surface area contributed by atoms with Crippen molar-refractivity contribution >= 4 is 0 Å². The van der Waals surface area contributed by atoms with E-state index in [2.05, 4.69) is 20.1 Å². The lowest BCUT2D eigenvalue weighted by Gasteiger charge is -2.01. The van der Waals surface area contributed by atoms with Gasteiger partial charge < -0.3 is 9.26 Å². The van der Waals surface area contributed by atoms with Gasteiger partial charge in [-0.2, -0.15) is 4.98 Å². The molecule has 0 spiro atoms. The van der Waals surface area contributed by atoms with Crippen LogP contribution in [0.1, 0.15) is 17.4 Å². The van der Waals surface area contributed by atoms with Gasteiger partial charge in [0, 0.05) is 18.3 Å². The fourth-order valence-corrected chi connectivity index (χ4v) is 1.82. The SMILES string of the molecule is c1ccc(OCc2noc(CCc3ccncn3)n2)cc1. The van der Waals surface area contributed by atoms with Crippen molar-refractivity contribution in [3.63, 3.8) is 0 Å². The van der Waals surface area contributed by atoms with E-state index in [1.165, 1.54) is 6.33 Å². The van der Waals surface area contributed by atoms with Gasteiger partial charge in [0.15, 0.2) is 6.61 Å². The predicted octanol–water partition coefficient (Wildman–Crippen LogP) is 2.22. The van der Waals surface area contributed by atoms with Crippen molar-refractivity contribution in [3.8, 4) is 5.75 Å². The van der Waals surface area contributed by atoms with Crippen molar-refractivity contribution in [2.75, 3.05) is 0 Å². The van der Waals surface area contributed by atoms with Crippen LogP contribution in [-0.2, 0) is 19.4 Å². The molecule has 0 radical (unpaired) electrons. The van der Waals surface area contributed by atoms with Crippen LogP contribution >= 0.6 is 0 Å². The molecule has 0 fully saturated rings. The van der Waals surface area contributed by atoms with Gasteiger partial charge in [0.2, 0.25) is 11.7 Å². The molecule has 0 atom stereocenters. The molecule has 106 valence electrons. The van der Waals surface area contributed by atoms with E-state index < -0.39 is 0 Å². The second kappa shape index (κ2) is 6.60. The molecule has 0 saturated carbocycles. The third kappa shape index (κ3) is 3.85. The van der Waals surface area contributed by atoms with Crippen molar-refractivity contribution in [3.05, 3.63) is 66.3 Å². The van der Waals surface area contributed by atoms with Crippen molar-refractivity contribution < 1.29 is 9.26 Å². The van der Waals surface area contributed by atoms with Crippen LogP contribution in [0.5, 0.6) is 5.75 Å². The average Bonchev–Trinajstić information content (AvgIpc) is 3.01. The van der Waals surface area contributed by atoms with Gasteiger partial charge in [0.25, 0.3) is 0 Å². The highest BCUT2D eigenvalue weighted by atomic mass is 16.5. The van der Waals surface area contributed by atoms with Crippen LogP contribution in [0, 0.1) is 0 Å². The molecule has 2 heterocycles. The smallest absolute Gasteiger partial charge is 0.227 e. The van der Waals surface area contributed by atoms with Crippen LogP contribution < -0.4 is 4.74 Å². The standard InChI is InChI=1S/C15H14N4O2/c1-2-4-13(5-3-1)20-10-14-18-15(21-19-14)7-6-12-8-9-16-11-17-12/h1-5,8-9,11H,6-7,10H2. The van der Waals surface area contributed by atoms with Gasteiger partial charge in [0.1, 0.15) is 12.1 Å². The summed E-state index contributed by atoms with van der Waals surface area (Å²) in [7, 11) is 0. The Hall–Kier alpha value is -2.76. The first kappa shape index (κ1) is 13.2. The Morgan fingerprint density at radius 1 is 1.05 bits per heavy atom. The molecule has 0 amide bonds. The molecule has 2 aromatic heterocycles. The van der Waals surface area contributed by atoms with Gasteiger partial charge in [0.05, 0.1) is 0 Å². The summed E-state index contributed by atoms with van der Waals surface area (Å²) >= 11 is 0. The van der Waals surface area contributed by atoms with Crippen LogP contribution in [0.4, 0.5) is 0 Å². The molecular formula is C15H14N4O2. The minimum atomic E-state index is 0.293. The number of hydrogen-bond acceptors (Lipinski definition) is 6. The maximum absolute atomic E-state index is 5.56. The summed E-state index contributed by atoms with van der Waals surface area (Å²) in [4.78, 5) is 12.3. The molecule has 6 heteroatoms. The summed E-state index contributed by atoms with van der Waals surface area (Å²) in [6.07, 6.45) is 4.64. The fraction of sp³-hybridized carbons (Fsp3) is 0.200. The zero-order chi connectivity index (χ0) is 14.3. The number of rotatable bonds is 6. The summed E-state index contributed by atoms with van der Waals surface area (Å²) in [5.41, 5.74) is 0.949. The van der Waals surface area contributed by atoms with E-state index in [0.717, 1.165) is 17.9 Å². The minimum absolute atomic E-state index is 0.293. The Morgan fingerprint density at radius 3 is 2.76 bits per heavy atom. The molecule has 0 N–H and O–H groups in total. The molecule has 0 bridgehead atoms. The Balaban J connectivity index is 1.52. The normalized spacial score (nSPS) is 10.5. The lowest BCUT2D eigenvalue weighted by Crippen LogP contribution is -1.98. The highest BCUT2D eigenvalue weighted by molar-refractivity contribution is 5.20. The number of para-hydroxylation sites is 1. The third-order valence-electron chi connectivity index (χ3n) is 2.86. The van der Waals surface area contributed by atoms with Gasteiger partial charge >= 0.3 is 0 Å². The average molecular weight is 282 g/mol. The van der Waals surface area contributed by atoms with Crippen molar-refractivity contribution in [2.45, 2.75) is 19.4 Å². The van der Waals surface area contributed by atoms with E-state index in [1.807, 2.05) is 36.4 Å². The molecule has 6 nitrogen and oxygen atoms in total. The van der Waals surface area contributed by atoms with Crippen LogP contribution in [0.15, 0.2) is 53.4 Å². The van der Waals surface area contributed by atoms with Gasteiger partial charge in [-0.05, 0) is 24.6 Å². The molecule has 1 aromatic carbocycles. The summed E-state index contributed by atoms with van der Waals surface area (Å²) < 4.78 is 10.8. The minimum Gasteiger partial charge on any atom is -0.485 e. The molecule has 3 rings (SSSR count). The molecule has 0 aliphatic heterocycles. The van der Waals surface area contributed by atoms with E-state index >= 15 is 0 Å². The summed E-state index contributed by atoms with van der Waals surface area (Å²) in [5, 5.41) is 3.90. The lowest BCUT2D eigenvalue weighted by atomic mass is 10.2. The molecule has 0 saturated heterocycles. The predicted molar refractivity (Wildman–Crippen MR) is 74.5 cm³/mol. The summed E-state index contributed by atoms with van der Waals surface area (Å²) in [5.74, 6) is 1.90. The highest BCUT2D eigenvalue weighted by Crippen LogP contribution is 2.10. The summed E-state index contributed by atoms with van der Waals surface area (Å²) in [6, 6.07) is 11.4.